The number of aliphatic carboxylic acids is 1. The number of amides is 1. The van der Waals surface area contributed by atoms with Gasteiger partial charge in [0.25, 0.3) is 0 Å². The first kappa shape index (κ1) is 30.8. The van der Waals surface area contributed by atoms with E-state index in [2.05, 4.69) is 5.32 Å². The molecule has 41 heavy (non-hydrogen) atoms. The molecule has 5 rings (SSSR count). The molecule has 13 heteroatoms. The fraction of sp³-hybridized carbons (Fsp3) is 0.500. The van der Waals surface area contributed by atoms with Gasteiger partial charge in [0, 0.05) is 18.9 Å². The van der Waals surface area contributed by atoms with Crippen LogP contribution in [0.5, 0.6) is 0 Å². The molecular formula is C28H30F6N2O5. The zero-order valence-electron chi connectivity index (χ0n) is 22.0. The van der Waals surface area contributed by atoms with Gasteiger partial charge in [0.05, 0.1) is 44.6 Å². The average molecular weight is 589 g/mol. The summed E-state index contributed by atoms with van der Waals surface area (Å²) in [5, 5.41) is 11.7. The summed E-state index contributed by atoms with van der Waals surface area (Å²) < 4.78 is 89.9. The Bertz CT molecular complexity index is 1220. The second-order valence-electron chi connectivity index (χ2n) is 10.2. The maximum Gasteiger partial charge on any atom is 0.303 e. The SMILES string of the molecule is O=C(O)CCCC1COCC(c2cc(F)c(F)c(F)c2)N1.O=C1CCCC2COCC(c3cc(F)c(F)c(F)c3)N12. The number of carbonyl (C=O) groups is 2. The van der Waals surface area contributed by atoms with Crippen LogP contribution in [0, 0.1) is 34.9 Å². The summed E-state index contributed by atoms with van der Waals surface area (Å²) in [5.41, 5.74) is 0.510. The number of halogens is 6. The van der Waals surface area contributed by atoms with E-state index in [1.54, 1.807) is 4.90 Å². The van der Waals surface area contributed by atoms with Crippen LogP contribution in [0.15, 0.2) is 24.3 Å². The Labute approximate surface area is 232 Å². The highest BCUT2D eigenvalue weighted by Gasteiger charge is 2.38. The van der Waals surface area contributed by atoms with E-state index in [1.165, 1.54) is 0 Å². The molecule has 0 spiro atoms. The zero-order chi connectivity index (χ0) is 29.7. The van der Waals surface area contributed by atoms with E-state index < -0.39 is 53.0 Å². The van der Waals surface area contributed by atoms with Crippen molar-refractivity contribution in [2.45, 2.75) is 62.7 Å². The molecule has 224 valence electrons. The average Bonchev–Trinajstić information content (AvgIpc) is 2.94. The predicted octanol–water partition coefficient (Wildman–Crippen LogP) is 4.94. The van der Waals surface area contributed by atoms with Gasteiger partial charge in [-0.05, 0) is 61.1 Å². The van der Waals surface area contributed by atoms with Crippen LogP contribution < -0.4 is 5.32 Å². The Morgan fingerprint density at radius 3 is 2.07 bits per heavy atom. The van der Waals surface area contributed by atoms with Gasteiger partial charge < -0.3 is 24.8 Å². The van der Waals surface area contributed by atoms with Crippen molar-refractivity contribution in [3.05, 3.63) is 70.3 Å². The minimum atomic E-state index is -1.49. The van der Waals surface area contributed by atoms with Crippen LogP contribution in [-0.4, -0.2) is 60.4 Å². The van der Waals surface area contributed by atoms with Crippen LogP contribution in [-0.2, 0) is 19.1 Å². The van der Waals surface area contributed by atoms with Crippen molar-refractivity contribution in [1.82, 2.24) is 10.2 Å². The number of hydrogen-bond acceptors (Lipinski definition) is 5. The number of ether oxygens (including phenoxy) is 2. The standard InChI is InChI=1S/C14H16F3NO3.C14H14F3NO2/c15-10-4-8(5-11(16)14(10)17)12-7-21-6-9(18-12)2-1-3-13(19)20;15-10-4-8(5-11(16)14(10)17)12-7-20-6-9-2-1-3-13(19)18(9)12/h4-5,9,12,18H,1-3,6-7H2,(H,19,20);4-5,9,12H,1-3,6-7H2. The van der Waals surface area contributed by atoms with Crippen molar-refractivity contribution in [2.75, 3.05) is 26.4 Å². The molecule has 3 saturated heterocycles. The predicted molar refractivity (Wildman–Crippen MR) is 133 cm³/mol. The number of nitrogens with zero attached hydrogens (tertiary/aromatic N) is 1. The van der Waals surface area contributed by atoms with E-state index in [9.17, 15) is 35.9 Å². The number of nitrogens with one attached hydrogen (secondary N) is 1. The molecule has 0 aromatic heterocycles. The number of fused-ring (bicyclic) bond motifs is 1. The van der Waals surface area contributed by atoms with Gasteiger partial charge >= 0.3 is 5.97 Å². The van der Waals surface area contributed by atoms with E-state index in [4.69, 9.17) is 14.6 Å². The third kappa shape index (κ3) is 7.57. The third-order valence-electron chi connectivity index (χ3n) is 7.31. The number of piperidine rings is 1. The van der Waals surface area contributed by atoms with Crippen LogP contribution in [0.3, 0.4) is 0 Å². The third-order valence-corrected chi connectivity index (χ3v) is 7.31. The number of rotatable bonds is 6. The number of benzene rings is 2. The monoisotopic (exact) mass is 588 g/mol. The van der Waals surface area contributed by atoms with Crippen LogP contribution in [0.1, 0.15) is 61.7 Å². The molecule has 3 fully saturated rings. The Kier molecular flexibility index (Phi) is 10.3. The molecule has 4 unspecified atom stereocenters. The molecule has 0 radical (unpaired) electrons. The molecular weight excluding hydrogens is 558 g/mol. The van der Waals surface area contributed by atoms with Crippen molar-refractivity contribution in [2.24, 2.45) is 0 Å². The topological polar surface area (TPSA) is 88.1 Å². The van der Waals surface area contributed by atoms with Gasteiger partial charge in [-0.25, -0.2) is 26.3 Å². The van der Waals surface area contributed by atoms with Gasteiger partial charge in [-0.2, -0.15) is 0 Å². The van der Waals surface area contributed by atoms with Crippen molar-refractivity contribution in [1.29, 1.82) is 0 Å². The lowest BCUT2D eigenvalue weighted by atomic mass is 9.94. The summed E-state index contributed by atoms with van der Waals surface area (Å²) in [6.45, 7) is 1.24. The molecule has 2 aromatic rings. The Morgan fingerprint density at radius 2 is 1.46 bits per heavy atom. The highest BCUT2D eigenvalue weighted by molar-refractivity contribution is 5.78. The highest BCUT2D eigenvalue weighted by Crippen LogP contribution is 2.34. The van der Waals surface area contributed by atoms with Crippen LogP contribution in [0.25, 0.3) is 0 Å². The van der Waals surface area contributed by atoms with Gasteiger partial charge in [-0.3, -0.25) is 9.59 Å². The second kappa shape index (κ2) is 13.7. The maximum atomic E-state index is 13.4. The molecule has 0 saturated carbocycles. The lowest BCUT2D eigenvalue weighted by Crippen LogP contribution is -2.52. The largest absolute Gasteiger partial charge is 0.481 e. The Morgan fingerprint density at radius 1 is 0.878 bits per heavy atom. The van der Waals surface area contributed by atoms with E-state index in [-0.39, 0.29) is 48.8 Å². The van der Waals surface area contributed by atoms with Gasteiger partial charge in [0.15, 0.2) is 34.9 Å². The molecule has 7 nitrogen and oxygen atoms in total. The molecule has 4 atom stereocenters. The molecule has 0 aliphatic carbocycles. The molecule has 3 aliphatic rings. The number of hydrogen-bond donors (Lipinski definition) is 2. The van der Waals surface area contributed by atoms with E-state index in [0.29, 0.717) is 32.5 Å². The van der Waals surface area contributed by atoms with Crippen LogP contribution >= 0.6 is 0 Å². The first-order valence-electron chi connectivity index (χ1n) is 13.3. The molecule has 2 aromatic carbocycles. The summed E-state index contributed by atoms with van der Waals surface area (Å²) in [7, 11) is 0. The van der Waals surface area contributed by atoms with Gasteiger partial charge in [0.2, 0.25) is 5.91 Å². The maximum absolute atomic E-state index is 13.4. The Hall–Kier alpha value is -3.16. The number of carbonyl (C=O) groups excluding carboxylic acids is 1. The first-order valence-corrected chi connectivity index (χ1v) is 13.3. The summed E-state index contributed by atoms with van der Waals surface area (Å²) in [5.74, 6) is -8.86. The summed E-state index contributed by atoms with van der Waals surface area (Å²) in [6, 6.07) is 2.61. The van der Waals surface area contributed by atoms with Crippen LogP contribution in [0.2, 0.25) is 0 Å². The van der Waals surface area contributed by atoms with Gasteiger partial charge in [-0.15, -0.1) is 0 Å². The second-order valence-corrected chi connectivity index (χ2v) is 10.2. The zero-order valence-corrected chi connectivity index (χ0v) is 22.0. The number of morpholine rings is 2. The van der Waals surface area contributed by atoms with Crippen molar-refractivity contribution in [3.63, 3.8) is 0 Å². The van der Waals surface area contributed by atoms with Crippen molar-refractivity contribution in [3.8, 4) is 0 Å². The fourth-order valence-electron chi connectivity index (χ4n) is 5.32. The van der Waals surface area contributed by atoms with E-state index >= 15 is 0 Å². The molecule has 3 heterocycles. The molecule has 2 N–H and O–H groups in total. The summed E-state index contributed by atoms with van der Waals surface area (Å²) >= 11 is 0. The minimum Gasteiger partial charge on any atom is -0.481 e. The van der Waals surface area contributed by atoms with Gasteiger partial charge in [-0.1, -0.05) is 0 Å². The lowest BCUT2D eigenvalue weighted by molar-refractivity contribution is -0.151. The normalized spacial score (nSPS) is 24.3. The number of carboxylic acids is 1. The Balaban J connectivity index is 0.000000189. The molecule has 0 bridgehead atoms. The molecule has 1 amide bonds. The molecule has 3 aliphatic heterocycles. The lowest BCUT2D eigenvalue weighted by Gasteiger charge is -2.44. The quantitative estimate of drug-likeness (QED) is 0.367. The highest BCUT2D eigenvalue weighted by atomic mass is 19.2. The summed E-state index contributed by atoms with van der Waals surface area (Å²) in [6.07, 6.45) is 3.16. The minimum absolute atomic E-state index is 0.0420. The fourth-order valence-corrected chi connectivity index (χ4v) is 5.32. The van der Waals surface area contributed by atoms with E-state index in [0.717, 1.165) is 37.1 Å². The first-order chi connectivity index (χ1) is 19.5. The summed E-state index contributed by atoms with van der Waals surface area (Å²) in [4.78, 5) is 24.2. The van der Waals surface area contributed by atoms with Crippen molar-refractivity contribution >= 4 is 11.9 Å². The number of carboxylic acid groups (broad SMARTS) is 1. The van der Waals surface area contributed by atoms with E-state index in [1.807, 2.05) is 0 Å². The van der Waals surface area contributed by atoms with Crippen LogP contribution in [0.4, 0.5) is 26.3 Å². The van der Waals surface area contributed by atoms with Crippen molar-refractivity contribution < 1.29 is 50.5 Å². The van der Waals surface area contributed by atoms with Gasteiger partial charge in [0.1, 0.15) is 0 Å². The smallest absolute Gasteiger partial charge is 0.303 e.